The average molecular weight is 325 g/mol. The second kappa shape index (κ2) is 6.38. The molecule has 5 heteroatoms. The lowest BCUT2D eigenvalue weighted by molar-refractivity contribution is 0.0983. The molecule has 0 saturated heterocycles. The zero-order valence-corrected chi connectivity index (χ0v) is 14.3. The number of nitrogens with one attached hydrogen (secondary N) is 1. The van der Waals surface area contributed by atoms with Crippen molar-refractivity contribution in [2.45, 2.75) is 20.8 Å². The van der Waals surface area contributed by atoms with Gasteiger partial charge in [0.2, 0.25) is 0 Å². The molecule has 1 N–H and O–H groups in total. The minimum atomic E-state index is -0.0847. The molecule has 0 unspecified atom stereocenters. The molecule has 3 rings (SSSR count). The summed E-state index contributed by atoms with van der Waals surface area (Å²) in [7, 11) is 0. The standard InChI is InChI=1S/C18H19N3OS/c1-4-21(16-8-7-12(2)10-13(16)3)18(22)15-11-14(19-20-15)17-6-5-9-23-17/h5-11H,4H2,1-3H3,(H,19,20). The molecule has 0 spiro atoms. The van der Waals surface area contributed by atoms with Crippen LogP contribution in [0.2, 0.25) is 0 Å². The van der Waals surface area contributed by atoms with E-state index in [1.807, 2.05) is 49.6 Å². The number of amides is 1. The van der Waals surface area contributed by atoms with Crippen molar-refractivity contribution in [1.82, 2.24) is 10.2 Å². The van der Waals surface area contributed by atoms with Crippen LogP contribution >= 0.6 is 11.3 Å². The molecular weight excluding hydrogens is 306 g/mol. The van der Waals surface area contributed by atoms with Crippen LogP contribution in [0.1, 0.15) is 28.5 Å². The van der Waals surface area contributed by atoms with Crippen molar-refractivity contribution in [3.05, 3.63) is 58.6 Å². The molecule has 118 valence electrons. The number of rotatable bonds is 4. The van der Waals surface area contributed by atoms with E-state index in [0.717, 1.165) is 21.8 Å². The number of hydrogen-bond acceptors (Lipinski definition) is 3. The van der Waals surface area contributed by atoms with E-state index in [2.05, 4.69) is 23.2 Å². The second-order valence-electron chi connectivity index (χ2n) is 5.48. The van der Waals surface area contributed by atoms with Gasteiger partial charge >= 0.3 is 0 Å². The lowest BCUT2D eigenvalue weighted by Gasteiger charge is -2.22. The minimum absolute atomic E-state index is 0.0847. The van der Waals surface area contributed by atoms with Gasteiger partial charge in [0, 0.05) is 12.2 Å². The lowest BCUT2D eigenvalue weighted by Crippen LogP contribution is -2.31. The summed E-state index contributed by atoms with van der Waals surface area (Å²) in [4.78, 5) is 15.7. The summed E-state index contributed by atoms with van der Waals surface area (Å²) in [6.45, 7) is 6.66. The number of hydrogen-bond donors (Lipinski definition) is 1. The number of aromatic amines is 1. The predicted octanol–water partition coefficient (Wildman–Crippen LogP) is 4.42. The first kappa shape index (κ1) is 15.5. The van der Waals surface area contributed by atoms with E-state index in [1.165, 1.54) is 5.56 Å². The van der Waals surface area contributed by atoms with Crippen LogP contribution in [0.3, 0.4) is 0 Å². The highest BCUT2D eigenvalue weighted by Crippen LogP contribution is 2.26. The Kier molecular flexibility index (Phi) is 4.30. The summed E-state index contributed by atoms with van der Waals surface area (Å²) in [5, 5.41) is 9.17. The van der Waals surface area contributed by atoms with Crippen molar-refractivity contribution in [3.63, 3.8) is 0 Å². The number of benzene rings is 1. The molecule has 0 fully saturated rings. The van der Waals surface area contributed by atoms with Crippen molar-refractivity contribution >= 4 is 22.9 Å². The number of carbonyl (C=O) groups is 1. The second-order valence-corrected chi connectivity index (χ2v) is 6.43. The van der Waals surface area contributed by atoms with Crippen molar-refractivity contribution in [2.75, 3.05) is 11.4 Å². The van der Waals surface area contributed by atoms with Gasteiger partial charge < -0.3 is 4.90 Å². The monoisotopic (exact) mass is 325 g/mol. The van der Waals surface area contributed by atoms with Crippen molar-refractivity contribution in [2.24, 2.45) is 0 Å². The van der Waals surface area contributed by atoms with Crippen LogP contribution in [-0.4, -0.2) is 22.6 Å². The highest BCUT2D eigenvalue weighted by molar-refractivity contribution is 7.13. The number of H-pyrrole nitrogens is 1. The third-order valence-corrected chi connectivity index (χ3v) is 4.69. The van der Waals surface area contributed by atoms with Gasteiger partial charge in [0.1, 0.15) is 0 Å². The van der Waals surface area contributed by atoms with E-state index < -0.39 is 0 Å². The zero-order chi connectivity index (χ0) is 16.4. The fourth-order valence-corrected chi connectivity index (χ4v) is 3.35. The molecule has 0 aliphatic carbocycles. The number of anilines is 1. The smallest absolute Gasteiger partial charge is 0.278 e. The molecular formula is C18H19N3OS. The van der Waals surface area contributed by atoms with Crippen LogP contribution in [0.25, 0.3) is 10.6 Å². The molecule has 0 saturated carbocycles. The van der Waals surface area contributed by atoms with Gasteiger partial charge in [-0.2, -0.15) is 5.10 Å². The lowest BCUT2D eigenvalue weighted by atomic mass is 10.1. The normalized spacial score (nSPS) is 10.7. The molecule has 1 aromatic carbocycles. The summed E-state index contributed by atoms with van der Waals surface area (Å²) >= 11 is 1.62. The molecule has 4 nitrogen and oxygen atoms in total. The Morgan fingerprint density at radius 1 is 1.26 bits per heavy atom. The first-order valence-corrected chi connectivity index (χ1v) is 8.46. The maximum absolute atomic E-state index is 12.8. The van der Waals surface area contributed by atoms with Crippen LogP contribution in [0.5, 0.6) is 0 Å². The van der Waals surface area contributed by atoms with E-state index >= 15 is 0 Å². The molecule has 1 amide bonds. The van der Waals surface area contributed by atoms with Gasteiger partial charge in [-0.05, 0) is 49.9 Å². The van der Waals surface area contributed by atoms with Crippen molar-refractivity contribution in [3.8, 4) is 10.6 Å². The van der Waals surface area contributed by atoms with Crippen LogP contribution in [0, 0.1) is 13.8 Å². The summed E-state index contributed by atoms with van der Waals surface area (Å²) < 4.78 is 0. The van der Waals surface area contributed by atoms with E-state index in [0.29, 0.717) is 12.2 Å². The quantitative estimate of drug-likeness (QED) is 0.772. The highest BCUT2D eigenvalue weighted by atomic mass is 32.1. The van der Waals surface area contributed by atoms with Gasteiger partial charge in [0.25, 0.3) is 5.91 Å². The maximum atomic E-state index is 12.8. The highest BCUT2D eigenvalue weighted by Gasteiger charge is 2.20. The first-order chi connectivity index (χ1) is 11.1. The van der Waals surface area contributed by atoms with Gasteiger partial charge in [0.15, 0.2) is 5.69 Å². The van der Waals surface area contributed by atoms with E-state index in [1.54, 1.807) is 16.2 Å². The molecule has 0 atom stereocenters. The fourth-order valence-electron chi connectivity index (χ4n) is 2.66. The largest absolute Gasteiger partial charge is 0.307 e. The SMILES string of the molecule is CCN(C(=O)c1cc(-c2cccs2)[nH]n1)c1ccc(C)cc1C. The maximum Gasteiger partial charge on any atom is 0.278 e. The third kappa shape index (κ3) is 3.05. The van der Waals surface area contributed by atoms with E-state index in [-0.39, 0.29) is 5.91 Å². The molecule has 0 bridgehead atoms. The molecule has 0 radical (unpaired) electrons. The summed E-state index contributed by atoms with van der Waals surface area (Å²) in [5.41, 5.74) is 4.53. The van der Waals surface area contributed by atoms with E-state index in [4.69, 9.17) is 0 Å². The molecule has 0 aliphatic rings. The molecule has 2 aromatic heterocycles. The van der Waals surface area contributed by atoms with Gasteiger partial charge in [-0.15, -0.1) is 11.3 Å². The topological polar surface area (TPSA) is 49.0 Å². The zero-order valence-electron chi connectivity index (χ0n) is 13.5. The number of aromatic nitrogens is 2. The van der Waals surface area contributed by atoms with E-state index in [9.17, 15) is 4.79 Å². The summed E-state index contributed by atoms with van der Waals surface area (Å²) in [5.74, 6) is -0.0847. The Hall–Kier alpha value is -2.40. The van der Waals surface area contributed by atoms with Crippen LogP contribution in [0.4, 0.5) is 5.69 Å². The third-order valence-electron chi connectivity index (χ3n) is 3.79. The van der Waals surface area contributed by atoms with Crippen molar-refractivity contribution < 1.29 is 4.79 Å². The fraction of sp³-hybridized carbons (Fsp3) is 0.222. The Bertz CT molecular complexity index is 821. The molecule has 3 aromatic rings. The van der Waals surface area contributed by atoms with Gasteiger partial charge in [-0.25, -0.2) is 0 Å². The molecule has 0 aliphatic heterocycles. The van der Waals surface area contributed by atoms with Gasteiger partial charge in [-0.3, -0.25) is 9.89 Å². The van der Waals surface area contributed by atoms with Gasteiger partial charge in [0.05, 0.1) is 10.6 Å². The number of thiophene rings is 1. The van der Waals surface area contributed by atoms with Crippen LogP contribution < -0.4 is 4.90 Å². The van der Waals surface area contributed by atoms with Gasteiger partial charge in [-0.1, -0.05) is 23.8 Å². The average Bonchev–Trinajstić information content (AvgIpc) is 3.20. The number of nitrogens with zero attached hydrogens (tertiary/aromatic N) is 2. The van der Waals surface area contributed by atoms with Crippen molar-refractivity contribution in [1.29, 1.82) is 0 Å². The Labute approximate surface area is 139 Å². The Morgan fingerprint density at radius 2 is 2.09 bits per heavy atom. The summed E-state index contributed by atoms with van der Waals surface area (Å²) in [6, 6.07) is 11.9. The summed E-state index contributed by atoms with van der Waals surface area (Å²) in [6.07, 6.45) is 0. The number of carbonyl (C=O) groups excluding carboxylic acids is 1. The minimum Gasteiger partial charge on any atom is -0.307 e. The Balaban J connectivity index is 1.91. The first-order valence-electron chi connectivity index (χ1n) is 7.58. The predicted molar refractivity (Wildman–Crippen MR) is 95.2 cm³/mol. The Morgan fingerprint density at radius 3 is 2.74 bits per heavy atom. The molecule has 2 heterocycles. The van der Waals surface area contributed by atoms with Crippen LogP contribution in [-0.2, 0) is 0 Å². The number of aryl methyl sites for hydroxylation is 2. The molecule has 23 heavy (non-hydrogen) atoms. The van der Waals surface area contributed by atoms with Crippen LogP contribution in [0.15, 0.2) is 41.8 Å².